The number of hydrogen-bond acceptors (Lipinski definition) is 4. The molecule has 37 heavy (non-hydrogen) atoms. The summed E-state index contributed by atoms with van der Waals surface area (Å²) in [5.74, 6) is -0.416. The van der Waals surface area contributed by atoms with Gasteiger partial charge in [0.25, 0.3) is 11.8 Å². The van der Waals surface area contributed by atoms with E-state index < -0.39 is 5.91 Å². The maximum atomic E-state index is 12.9. The van der Waals surface area contributed by atoms with Gasteiger partial charge >= 0.3 is 0 Å². The molecule has 4 rings (SSSR count). The summed E-state index contributed by atoms with van der Waals surface area (Å²) < 4.78 is 6.60. The van der Waals surface area contributed by atoms with Crippen LogP contribution in [-0.4, -0.2) is 23.5 Å². The number of hydrogen-bond donors (Lipinski definition) is 3. The minimum Gasteiger partial charge on any atom is -0.492 e. The molecule has 8 heteroatoms. The van der Waals surface area contributed by atoms with Crippen LogP contribution in [0.15, 0.2) is 108 Å². The van der Waals surface area contributed by atoms with Gasteiger partial charge in [0.2, 0.25) is 0 Å². The molecule has 0 bridgehead atoms. The third-order valence-corrected chi connectivity index (χ3v) is 6.15. The highest BCUT2D eigenvalue weighted by atomic mass is 79.9. The van der Waals surface area contributed by atoms with Gasteiger partial charge in [0.1, 0.15) is 5.75 Å². The lowest BCUT2D eigenvalue weighted by atomic mass is 10.0. The number of thiocarbonyl (C=S) groups is 1. The standard InChI is InChI=1S/C29H24BrN3O3S/c30-24-15-16-26(36-18-17-20-7-3-1-4-8-20)25(19-24)28(35)31-29(37)33-32-27(34)23-13-11-22(12-14-23)21-9-5-2-6-10-21/h1-16,19H,17-18H2,(H,32,34)(H2,31,33,35,37). The predicted molar refractivity (Wildman–Crippen MR) is 152 cm³/mol. The fourth-order valence-electron chi connectivity index (χ4n) is 3.56. The zero-order valence-corrected chi connectivity index (χ0v) is 22.1. The zero-order valence-electron chi connectivity index (χ0n) is 19.7. The van der Waals surface area contributed by atoms with Crippen molar-refractivity contribution in [1.82, 2.24) is 16.2 Å². The number of amides is 2. The van der Waals surface area contributed by atoms with Crippen LogP contribution in [-0.2, 0) is 6.42 Å². The molecule has 4 aromatic rings. The van der Waals surface area contributed by atoms with Crippen molar-refractivity contribution in [1.29, 1.82) is 0 Å². The van der Waals surface area contributed by atoms with Crippen LogP contribution in [0.1, 0.15) is 26.3 Å². The SMILES string of the molecule is O=C(NNC(=S)NC(=O)c1cc(Br)ccc1OCCc1ccccc1)c1ccc(-c2ccccc2)cc1. The lowest BCUT2D eigenvalue weighted by Gasteiger charge is -2.14. The fraction of sp³-hybridized carbons (Fsp3) is 0.0690. The van der Waals surface area contributed by atoms with Crippen LogP contribution in [0, 0.1) is 0 Å². The topological polar surface area (TPSA) is 79.5 Å². The quantitative estimate of drug-likeness (QED) is 0.195. The largest absolute Gasteiger partial charge is 0.492 e. The van der Waals surface area contributed by atoms with Crippen molar-refractivity contribution in [3.8, 4) is 16.9 Å². The smallest absolute Gasteiger partial charge is 0.269 e. The molecule has 3 N–H and O–H groups in total. The molecule has 6 nitrogen and oxygen atoms in total. The summed E-state index contributed by atoms with van der Waals surface area (Å²) in [6, 6.07) is 32.2. The van der Waals surface area contributed by atoms with E-state index in [9.17, 15) is 9.59 Å². The zero-order chi connectivity index (χ0) is 26.0. The predicted octanol–water partition coefficient (Wildman–Crippen LogP) is 5.69. The molecular formula is C29H24BrN3O3S. The average Bonchev–Trinajstić information content (AvgIpc) is 2.93. The Labute approximate surface area is 229 Å². The number of benzene rings is 4. The summed E-state index contributed by atoms with van der Waals surface area (Å²) in [6.07, 6.45) is 0.705. The molecule has 186 valence electrons. The normalized spacial score (nSPS) is 10.3. The van der Waals surface area contributed by atoms with Crippen molar-refractivity contribution in [3.05, 3.63) is 124 Å². The Morgan fingerprint density at radius 3 is 2.11 bits per heavy atom. The van der Waals surface area contributed by atoms with E-state index >= 15 is 0 Å². The first kappa shape index (κ1) is 26.1. The number of rotatable bonds is 7. The summed E-state index contributed by atoms with van der Waals surface area (Å²) >= 11 is 8.59. The van der Waals surface area contributed by atoms with E-state index in [4.69, 9.17) is 17.0 Å². The van der Waals surface area contributed by atoms with E-state index in [2.05, 4.69) is 32.1 Å². The van der Waals surface area contributed by atoms with Crippen LogP contribution in [0.2, 0.25) is 0 Å². The minimum absolute atomic E-state index is 0.0468. The molecule has 0 saturated heterocycles. The van der Waals surface area contributed by atoms with Gasteiger partial charge in [0, 0.05) is 16.5 Å². The third kappa shape index (κ3) is 7.49. The van der Waals surface area contributed by atoms with Crippen molar-refractivity contribution in [2.45, 2.75) is 6.42 Å². The Balaban J connectivity index is 1.30. The van der Waals surface area contributed by atoms with Gasteiger partial charge in [-0.1, -0.05) is 88.7 Å². The van der Waals surface area contributed by atoms with Gasteiger partial charge in [-0.2, -0.15) is 0 Å². The van der Waals surface area contributed by atoms with Gasteiger partial charge in [-0.3, -0.25) is 25.8 Å². The molecule has 2 amide bonds. The van der Waals surface area contributed by atoms with E-state index in [0.29, 0.717) is 29.9 Å². The van der Waals surface area contributed by atoms with Crippen molar-refractivity contribution in [2.75, 3.05) is 6.61 Å². The Morgan fingerprint density at radius 2 is 1.41 bits per heavy atom. The van der Waals surface area contributed by atoms with E-state index in [-0.39, 0.29) is 11.0 Å². The summed E-state index contributed by atoms with van der Waals surface area (Å²) in [6.45, 7) is 0.410. The highest BCUT2D eigenvalue weighted by Gasteiger charge is 2.15. The van der Waals surface area contributed by atoms with E-state index in [1.807, 2.05) is 72.8 Å². The molecule has 0 atom stereocenters. The Kier molecular flexibility index (Phi) is 9.02. The van der Waals surface area contributed by atoms with Crippen molar-refractivity contribution < 1.29 is 14.3 Å². The molecule has 0 aliphatic carbocycles. The van der Waals surface area contributed by atoms with Crippen LogP contribution in [0.5, 0.6) is 5.75 Å². The van der Waals surface area contributed by atoms with Gasteiger partial charge < -0.3 is 4.74 Å². The van der Waals surface area contributed by atoms with Gasteiger partial charge in [-0.25, -0.2) is 0 Å². The highest BCUT2D eigenvalue weighted by Crippen LogP contribution is 2.24. The first-order chi connectivity index (χ1) is 18.0. The van der Waals surface area contributed by atoms with Gasteiger partial charge in [-0.05, 0) is 59.2 Å². The number of carbonyl (C=O) groups excluding carboxylic acids is 2. The van der Waals surface area contributed by atoms with Crippen LogP contribution in [0.3, 0.4) is 0 Å². The maximum Gasteiger partial charge on any atom is 0.269 e. The number of hydrazine groups is 1. The first-order valence-electron chi connectivity index (χ1n) is 11.5. The molecule has 0 unspecified atom stereocenters. The summed E-state index contributed by atoms with van der Waals surface area (Å²) in [5, 5.41) is 2.53. The molecule has 0 aromatic heterocycles. The second-order valence-electron chi connectivity index (χ2n) is 8.03. The van der Waals surface area contributed by atoms with Crippen LogP contribution in [0.25, 0.3) is 11.1 Å². The molecule has 0 spiro atoms. The first-order valence-corrected chi connectivity index (χ1v) is 12.7. The molecule has 0 radical (unpaired) electrons. The lowest BCUT2D eigenvalue weighted by molar-refractivity contribution is 0.0933. The molecule has 0 fully saturated rings. The Hall–Kier alpha value is -4.01. The Bertz CT molecular complexity index is 1380. The summed E-state index contributed by atoms with van der Waals surface area (Å²) in [4.78, 5) is 25.4. The van der Waals surface area contributed by atoms with Crippen LogP contribution < -0.4 is 20.9 Å². The summed E-state index contributed by atoms with van der Waals surface area (Å²) in [5.41, 5.74) is 9.05. The van der Waals surface area contributed by atoms with Gasteiger partial charge in [-0.15, -0.1) is 0 Å². The average molecular weight is 575 g/mol. The highest BCUT2D eigenvalue weighted by molar-refractivity contribution is 9.10. The number of carbonyl (C=O) groups is 2. The molecule has 0 aliphatic heterocycles. The van der Waals surface area contributed by atoms with Gasteiger partial charge in [0.15, 0.2) is 5.11 Å². The minimum atomic E-state index is -0.463. The van der Waals surface area contributed by atoms with Crippen molar-refractivity contribution >= 4 is 45.1 Å². The molecule has 0 saturated carbocycles. The number of ether oxygens (including phenoxy) is 1. The van der Waals surface area contributed by atoms with Crippen LogP contribution >= 0.6 is 28.1 Å². The molecule has 0 aliphatic rings. The van der Waals surface area contributed by atoms with Gasteiger partial charge in [0.05, 0.1) is 12.2 Å². The maximum absolute atomic E-state index is 12.9. The number of halogens is 1. The van der Waals surface area contributed by atoms with E-state index in [0.717, 1.165) is 21.2 Å². The second-order valence-corrected chi connectivity index (χ2v) is 9.35. The molecule has 4 aromatic carbocycles. The number of nitrogens with one attached hydrogen (secondary N) is 3. The van der Waals surface area contributed by atoms with Crippen molar-refractivity contribution in [3.63, 3.8) is 0 Å². The van der Waals surface area contributed by atoms with E-state index in [1.54, 1.807) is 30.3 Å². The fourth-order valence-corrected chi connectivity index (χ4v) is 4.07. The molecule has 0 heterocycles. The summed E-state index contributed by atoms with van der Waals surface area (Å²) in [7, 11) is 0. The molecular weight excluding hydrogens is 550 g/mol. The monoisotopic (exact) mass is 573 g/mol. The second kappa shape index (κ2) is 12.8. The van der Waals surface area contributed by atoms with Crippen molar-refractivity contribution in [2.24, 2.45) is 0 Å². The van der Waals surface area contributed by atoms with Crippen LogP contribution in [0.4, 0.5) is 0 Å². The lowest BCUT2D eigenvalue weighted by Crippen LogP contribution is -2.48. The third-order valence-electron chi connectivity index (χ3n) is 5.45. The van der Waals surface area contributed by atoms with E-state index in [1.165, 1.54) is 0 Å². The Morgan fingerprint density at radius 1 is 0.757 bits per heavy atom.